The molecule has 1 heteroatoms. The second-order valence-electron chi connectivity index (χ2n) is 4.41. The normalized spacial score (nSPS) is 21.3. The standard InChI is InChI=1S/C14H19N/c1-11(2)12-6-5-7-13(10-12)14-8-3-4-9-15-14/h5-7,10,14-15H,1,3-4,8-9H2,2H3. The maximum atomic E-state index is 3.99. The van der Waals surface area contributed by atoms with Crippen molar-refractivity contribution in [2.75, 3.05) is 6.54 Å². The summed E-state index contributed by atoms with van der Waals surface area (Å²) in [6, 6.07) is 9.31. The van der Waals surface area contributed by atoms with Gasteiger partial charge in [-0.2, -0.15) is 0 Å². The highest BCUT2D eigenvalue weighted by Crippen LogP contribution is 2.24. The molecular formula is C14H19N. The van der Waals surface area contributed by atoms with Gasteiger partial charge in [-0.05, 0) is 43.5 Å². The zero-order valence-electron chi connectivity index (χ0n) is 9.42. The molecule has 1 aliphatic rings. The van der Waals surface area contributed by atoms with Crippen molar-refractivity contribution >= 4 is 5.57 Å². The van der Waals surface area contributed by atoms with Crippen LogP contribution in [0.15, 0.2) is 30.8 Å². The van der Waals surface area contributed by atoms with Crippen LogP contribution in [0, 0.1) is 0 Å². The fourth-order valence-electron chi connectivity index (χ4n) is 2.16. The van der Waals surface area contributed by atoms with Gasteiger partial charge in [0.15, 0.2) is 0 Å². The third kappa shape index (κ3) is 2.48. The Bertz CT molecular complexity index is 348. The molecule has 1 aromatic rings. The van der Waals surface area contributed by atoms with Crippen molar-refractivity contribution in [3.63, 3.8) is 0 Å². The lowest BCUT2D eigenvalue weighted by Crippen LogP contribution is -2.26. The molecule has 1 atom stereocenters. The zero-order valence-corrected chi connectivity index (χ0v) is 9.42. The van der Waals surface area contributed by atoms with Crippen molar-refractivity contribution in [3.8, 4) is 0 Å². The molecule has 1 aromatic carbocycles. The van der Waals surface area contributed by atoms with Crippen LogP contribution < -0.4 is 5.32 Å². The SMILES string of the molecule is C=C(C)c1cccc(C2CCCCN2)c1. The lowest BCUT2D eigenvalue weighted by molar-refractivity contribution is 0.412. The number of allylic oxidation sites excluding steroid dienone is 1. The molecule has 80 valence electrons. The Balaban J connectivity index is 2.19. The molecule has 1 unspecified atom stereocenters. The summed E-state index contributed by atoms with van der Waals surface area (Å²) in [6.07, 6.45) is 3.92. The average Bonchev–Trinajstić information content (AvgIpc) is 2.30. The lowest BCUT2D eigenvalue weighted by Gasteiger charge is -2.24. The average molecular weight is 201 g/mol. The Kier molecular flexibility index (Phi) is 3.22. The predicted molar refractivity (Wildman–Crippen MR) is 65.7 cm³/mol. The Labute approximate surface area is 92.2 Å². The summed E-state index contributed by atoms with van der Waals surface area (Å²) in [5, 5.41) is 3.57. The first-order valence-corrected chi connectivity index (χ1v) is 5.76. The van der Waals surface area contributed by atoms with Crippen LogP contribution in [0.2, 0.25) is 0 Å². The van der Waals surface area contributed by atoms with Crippen LogP contribution >= 0.6 is 0 Å². The van der Waals surface area contributed by atoms with E-state index in [1.807, 2.05) is 0 Å². The first-order valence-electron chi connectivity index (χ1n) is 5.76. The third-order valence-electron chi connectivity index (χ3n) is 3.09. The first kappa shape index (κ1) is 10.4. The number of hydrogen-bond donors (Lipinski definition) is 1. The Hall–Kier alpha value is -1.08. The summed E-state index contributed by atoms with van der Waals surface area (Å²) in [5.41, 5.74) is 3.82. The fourth-order valence-corrected chi connectivity index (χ4v) is 2.16. The monoisotopic (exact) mass is 201 g/mol. The predicted octanol–water partition coefficient (Wildman–Crippen LogP) is 3.53. The van der Waals surface area contributed by atoms with Gasteiger partial charge in [-0.25, -0.2) is 0 Å². The van der Waals surface area contributed by atoms with E-state index in [9.17, 15) is 0 Å². The largest absolute Gasteiger partial charge is 0.310 e. The van der Waals surface area contributed by atoms with Crippen LogP contribution in [0.25, 0.3) is 5.57 Å². The van der Waals surface area contributed by atoms with Crippen molar-refractivity contribution < 1.29 is 0 Å². The molecule has 1 heterocycles. The summed E-state index contributed by atoms with van der Waals surface area (Å²) < 4.78 is 0. The molecule has 1 fully saturated rings. The highest BCUT2D eigenvalue weighted by atomic mass is 14.9. The smallest absolute Gasteiger partial charge is 0.0320 e. The zero-order chi connectivity index (χ0) is 10.7. The van der Waals surface area contributed by atoms with Crippen LogP contribution in [0.1, 0.15) is 43.4 Å². The summed E-state index contributed by atoms with van der Waals surface area (Å²) >= 11 is 0. The van der Waals surface area contributed by atoms with Crippen LogP contribution in [-0.4, -0.2) is 6.54 Å². The summed E-state index contributed by atoms with van der Waals surface area (Å²) in [7, 11) is 0. The van der Waals surface area contributed by atoms with Crippen molar-refractivity contribution in [3.05, 3.63) is 42.0 Å². The molecule has 0 bridgehead atoms. The van der Waals surface area contributed by atoms with Crippen LogP contribution in [-0.2, 0) is 0 Å². The minimum absolute atomic E-state index is 0.554. The van der Waals surface area contributed by atoms with E-state index in [2.05, 4.69) is 43.1 Å². The molecule has 1 N–H and O–H groups in total. The van der Waals surface area contributed by atoms with E-state index in [0.717, 1.165) is 12.1 Å². The van der Waals surface area contributed by atoms with Crippen LogP contribution in [0.3, 0.4) is 0 Å². The molecule has 0 aliphatic carbocycles. The van der Waals surface area contributed by atoms with Crippen molar-refractivity contribution in [1.82, 2.24) is 5.32 Å². The molecule has 0 spiro atoms. The van der Waals surface area contributed by atoms with E-state index >= 15 is 0 Å². The van der Waals surface area contributed by atoms with Crippen molar-refractivity contribution in [2.45, 2.75) is 32.2 Å². The van der Waals surface area contributed by atoms with Crippen molar-refractivity contribution in [2.24, 2.45) is 0 Å². The summed E-state index contributed by atoms with van der Waals surface area (Å²) in [4.78, 5) is 0. The number of piperidine rings is 1. The molecule has 0 radical (unpaired) electrons. The fraction of sp³-hybridized carbons (Fsp3) is 0.429. The van der Waals surface area contributed by atoms with Gasteiger partial charge in [0, 0.05) is 6.04 Å². The topological polar surface area (TPSA) is 12.0 Å². The molecular weight excluding hydrogens is 182 g/mol. The quantitative estimate of drug-likeness (QED) is 0.771. The van der Waals surface area contributed by atoms with Crippen LogP contribution in [0.5, 0.6) is 0 Å². The lowest BCUT2D eigenvalue weighted by atomic mass is 9.95. The molecule has 15 heavy (non-hydrogen) atoms. The van der Waals surface area contributed by atoms with Gasteiger partial charge in [0.05, 0.1) is 0 Å². The number of hydrogen-bond acceptors (Lipinski definition) is 1. The molecule has 1 aliphatic heterocycles. The highest BCUT2D eigenvalue weighted by Gasteiger charge is 2.14. The van der Waals surface area contributed by atoms with Gasteiger partial charge in [-0.3, -0.25) is 0 Å². The maximum absolute atomic E-state index is 3.99. The first-order chi connectivity index (χ1) is 7.27. The number of rotatable bonds is 2. The van der Waals surface area contributed by atoms with E-state index in [-0.39, 0.29) is 0 Å². The summed E-state index contributed by atoms with van der Waals surface area (Å²) in [5.74, 6) is 0. The third-order valence-corrected chi connectivity index (χ3v) is 3.09. The van der Waals surface area contributed by atoms with E-state index in [1.54, 1.807) is 0 Å². The Morgan fingerprint density at radius 3 is 2.93 bits per heavy atom. The second-order valence-corrected chi connectivity index (χ2v) is 4.41. The van der Waals surface area contributed by atoms with Gasteiger partial charge in [0.2, 0.25) is 0 Å². The molecule has 0 aromatic heterocycles. The van der Waals surface area contributed by atoms with Gasteiger partial charge in [0.1, 0.15) is 0 Å². The molecule has 2 rings (SSSR count). The minimum Gasteiger partial charge on any atom is -0.310 e. The second kappa shape index (κ2) is 4.63. The van der Waals surface area contributed by atoms with Gasteiger partial charge in [0.25, 0.3) is 0 Å². The van der Waals surface area contributed by atoms with E-state index in [4.69, 9.17) is 0 Å². The van der Waals surface area contributed by atoms with E-state index in [0.29, 0.717) is 6.04 Å². The van der Waals surface area contributed by atoms with Gasteiger partial charge in [-0.1, -0.05) is 36.8 Å². The van der Waals surface area contributed by atoms with E-state index < -0.39 is 0 Å². The Morgan fingerprint density at radius 1 is 1.40 bits per heavy atom. The molecule has 1 nitrogen and oxygen atoms in total. The molecule has 0 amide bonds. The number of benzene rings is 1. The number of nitrogens with one attached hydrogen (secondary N) is 1. The molecule has 0 saturated carbocycles. The van der Waals surface area contributed by atoms with Gasteiger partial charge in [-0.15, -0.1) is 0 Å². The van der Waals surface area contributed by atoms with Gasteiger partial charge >= 0.3 is 0 Å². The summed E-state index contributed by atoms with van der Waals surface area (Å²) in [6.45, 7) is 7.21. The Morgan fingerprint density at radius 2 is 2.27 bits per heavy atom. The maximum Gasteiger partial charge on any atom is 0.0320 e. The van der Waals surface area contributed by atoms with E-state index in [1.165, 1.54) is 30.4 Å². The molecule has 1 saturated heterocycles. The van der Waals surface area contributed by atoms with Crippen molar-refractivity contribution in [1.29, 1.82) is 0 Å². The van der Waals surface area contributed by atoms with Gasteiger partial charge < -0.3 is 5.32 Å². The minimum atomic E-state index is 0.554. The van der Waals surface area contributed by atoms with Crippen LogP contribution in [0.4, 0.5) is 0 Å². The highest BCUT2D eigenvalue weighted by molar-refractivity contribution is 5.61.